The number of morpholine rings is 1. The van der Waals surface area contributed by atoms with Crippen molar-refractivity contribution in [3.05, 3.63) is 95.6 Å². The van der Waals surface area contributed by atoms with Crippen molar-refractivity contribution >= 4 is 29.1 Å². The van der Waals surface area contributed by atoms with E-state index in [1.165, 1.54) is 0 Å². The molecule has 1 aliphatic rings. The van der Waals surface area contributed by atoms with Crippen LogP contribution in [0.2, 0.25) is 0 Å². The van der Waals surface area contributed by atoms with E-state index < -0.39 is 0 Å². The average molecular weight is 487 g/mol. The van der Waals surface area contributed by atoms with Gasteiger partial charge in [-0.2, -0.15) is 0 Å². The topological polar surface area (TPSA) is 91.0 Å². The summed E-state index contributed by atoms with van der Waals surface area (Å²) in [4.78, 5) is 41.3. The molecular formula is C28H30N4O4. The van der Waals surface area contributed by atoms with Crippen LogP contribution in [0.5, 0.6) is 0 Å². The first-order valence-electron chi connectivity index (χ1n) is 11.9. The second-order valence-corrected chi connectivity index (χ2v) is 8.61. The second-order valence-electron chi connectivity index (χ2n) is 8.61. The number of nitrogens with zero attached hydrogens (tertiary/aromatic N) is 2. The highest BCUT2D eigenvalue weighted by Gasteiger charge is 2.18. The Morgan fingerprint density at radius 1 is 0.861 bits per heavy atom. The standard InChI is InChI=1S/C28H30N4O4/c1-31(20-21-6-3-2-4-7-21)27(34)23-8-5-9-25(18-23)29-19-26(33)30-24-12-10-22(11-13-24)28(35)32-14-16-36-17-15-32/h2-13,18,29H,14-17,19-20H2,1H3,(H,30,33). The lowest BCUT2D eigenvalue weighted by molar-refractivity contribution is -0.114. The van der Waals surface area contributed by atoms with Crippen molar-refractivity contribution in [2.24, 2.45) is 0 Å². The van der Waals surface area contributed by atoms with E-state index >= 15 is 0 Å². The highest BCUT2D eigenvalue weighted by atomic mass is 16.5. The number of nitrogens with one attached hydrogen (secondary N) is 2. The molecule has 0 bridgehead atoms. The van der Waals surface area contributed by atoms with Gasteiger partial charge in [-0.05, 0) is 48.0 Å². The molecule has 1 aliphatic heterocycles. The fourth-order valence-corrected chi connectivity index (χ4v) is 3.94. The minimum atomic E-state index is -0.236. The second kappa shape index (κ2) is 12.0. The van der Waals surface area contributed by atoms with Crippen LogP contribution in [0.4, 0.5) is 11.4 Å². The number of benzene rings is 3. The number of ether oxygens (including phenoxy) is 1. The molecule has 1 fully saturated rings. The molecule has 36 heavy (non-hydrogen) atoms. The zero-order valence-corrected chi connectivity index (χ0v) is 20.3. The van der Waals surface area contributed by atoms with Gasteiger partial charge in [0.05, 0.1) is 19.8 Å². The molecule has 8 nitrogen and oxygen atoms in total. The van der Waals surface area contributed by atoms with Gasteiger partial charge in [-0.3, -0.25) is 14.4 Å². The summed E-state index contributed by atoms with van der Waals surface area (Å²) in [5.41, 5.74) is 3.45. The Labute approximate surface area is 210 Å². The molecule has 3 aromatic carbocycles. The third-order valence-electron chi connectivity index (χ3n) is 5.89. The predicted octanol–water partition coefficient (Wildman–Crippen LogP) is 3.48. The molecule has 0 aliphatic carbocycles. The molecule has 0 aromatic heterocycles. The van der Waals surface area contributed by atoms with E-state index in [4.69, 9.17) is 4.74 Å². The molecule has 3 amide bonds. The number of amides is 3. The molecule has 3 aromatic rings. The Hall–Kier alpha value is -4.17. The third kappa shape index (κ3) is 6.70. The quantitative estimate of drug-likeness (QED) is 0.509. The van der Waals surface area contributed by atoms with Gasteiger partial charge in [0.1, 0.15) is 0 Å². The SMILES string of the molecule is CN(Cc1ccccc1)C(=O)c1cccc(NCC(=O)Nc2ccc(C(=O)N3CCOCC3)cc2)c1. The van der Waals surface area contributed by atoms with Gasteiger partial charge in [-0.1, -0.05) is 36.4 Å². The van der Waals surface area contributed by atoms with Crippen molar-refractivity contribution < 1.29 is 19.1 Å². The van der Waals surface area contributed by atoms with E-state index in [0.29, 0.717) is 55.3 Å². The first-order valence-corrected chi connectivity index (χ1v) is 11.9. The minimum Gasteiger partial charge on any atom is -0.378 e. The molecule has 186 valence electrons. The van der Waals surface area contributed by atoms with E-state index in [1.54, 1.807) is 59.3 Å². The van der Waals surface area contributed by atoms with Crippen LogP contribution in [0.15, 0.2) is 78.9 Å². The monoisotopic (exact) mass is 486 g/mol. The van der Waals surface area contributed by atoms with Crippen LogP contribution in [0, 0.1) is 0 Å². The van der Waals surface area contributed by atoms with Crippen molar-refractivity contribution in [1.29, 1.82) is 0 Å². The number of carbonyl (C=O) groups is 3. The zero-order valence-electron chi connectivity index (χ0n) is 20.3. The highest BCUT2D eigenvalue weighted by molar-refractivity contribution is 5.97. The average Bonchev–Trinajstić information content (AvgIpc) is 2.92. The van der Waals surface area contributed by atoms with Gasteiger partial charge >= 0.3 is 0 Å². The molecule has 0 spiro atoms. The van der Waals surface area contributed by atoms with E-state index in [-0.39, 0.29) is 24.3 Å². The summed E-state index contributed by atoms with van der Waals surface area (Å²) < 4.78 is 5.29. The molecule has 8 heteroatoms. The molecule has 1 saturated heterocycles. The molecule has 0 atom stereocenters. The highest BCUT2D eigenvalue weighted by Crippen LogP contribution is 2.15. The number of hydrogen-bond donors (Lipinski definition) is 2. The van der Waals surface area contributed by atoms with E-state index in [0.717, 1.165) is 5.56 Å². The largest absolute Gasteiger partial charge is 0.378 e. The van der Waals surface area contributed by atoms with Gasteiger partial charge in [0, 0.05) is 49.2 Å². The Kier molecular flexibility index (Phi) is 8.31. The Morgan fingerprint density at radius 2 is 1.58 bits per heavy atom. The van der Waals surface area contributed by atoms with Crippen molar-refractivity contribution in [2.75, 3.05) is 50.5 Å². The number of carbonyl (C=O) groups excluding carboxylic acids is 3. The normalized spacial score (nSPS) is 13.1. The van der Waals surface area contributed by atoms with Gasteiger partial charge in [-0.25, -0.2) is 0 Å². The minimum absolute atomic E-state index is 0.0337. The first kappa shape index (κ1) is 24.9. The van der Waals surface area contributed by atoms with Crippen LogP contribution < -0.4 is 10.6 Å². The lowest BCUT2D eigenvalue weighted by Crippen LogP contribution is -2.40. The smallest absolute Gasteiger partial charge is 0.254 e. The van der Waals surface area contributed by atoms with Gasteiger partial charge < -0.3 is 25.2 Å². The van der Waals surface area contributed by atoms with Crippen LogP contribution in [0.3, 0.4) is 0 Å². The summed E-state index contributed by atoms with van der Waals surface area (Å²) in [6, 6.07) is 23.8. The summed E-state index contributed by atoms with van der Waals surface area (Å²) in [5, 5.41) is 5.89. The zero-order chi connectivity index (χ0) is 25.3. The number of rotatable bonds is 8. The molecule has 4 rings (SSSR count). The van der Waals surface area contributed by atoms with E-state index in [9.17, 15) is 14.4 Å². The van der Waals surface area contributed by atoms with Crippen molar-refractivity contribution in [1.82, 2.24) is 9.80 Å². The summed E-state index contributed by atoms with van der Waals surface area (Å²) >= 11 is 0. The fourth-order valence-electron chi connectivity index (χ4n) is 3.94. The Balaban J connectivity index is 1.28. The Morgan fingerprint density at radius 3 is 2.31 bits per heavy atom. The van der Waals surface area contributed by atoms with Gasteiger partial charge in [-0.15, -0.1) is 0 Å². The first-order chi connectivity index (χ1) is 17.5. The molecule has 0 unspecified atom stereocenters. The number of anilines is 2. The molecule has 0 radical (unpaired) electrons. The maximum Gasteiger partial charge on any atom is 0.254 e. The predicted molar refractivity (Wildman–Crippen MR) is 139 cm³/mol. The van der Waals surface area contributed by atoms with Gasteiger partial charge in [0.15, 0.2) is 0 Å². The van der Waals surface area contributed by atoms with Crippen molar-refractivity contribution in [3.63, 3.8) is 0 Å². The van der Waals surface area contributed by atoms with Gasteiger partial charge in [0.25, 0.3) is 11.8 Å². The van der Waals surface area contributed by atoms with Crippen LogP contribution in [-0.4, -0.2) is 67.4 Å². The van der Waals surface area contributed by atoms with Crippen molar-refractivity contribution in [2.45, 2.75) is 6.54 Å². The van der Waals surface area contributed by atoms with E-state index in [2.05, 4.69) is 10.6 Å². The van der Waals surface area contributed by atoms with Gasteiger partial charge in [0.2, 0.25) is 5.91 Å². The van der Waals surface area contributed by atoms with Crippen LogP contribution in [0.25, 0.3) is 0 Å². The Bertz CT molecular complexity index is 1190. The van der Waals surface area contributed by atoms with Crippen LogP contribution in [-0.2, 0) is 16.1 Å². The van der Waals surface area contributed by atoms with Crippen molar-refractivity contribution in [3.8, 4) is 0 Å². The molecule has 1 heterocycles. The lowest BCUT2D eigenvalue weighted by Gasteiger charge is -2.26. The molecule has 0 saturated carbocycles. The summed E-state index contributed by atoms with van der Waals surface area (Å²) in [5.74, 6) is -0.375. The summed E-state index contributed by atoms with van der Waals surface area (Å²) in [6.07, 6.45) is 0. The maximum absolute atomic E-state index is 12.8. The summed E-state index contributed by atoms with van der Waals surface area (Å²) in [7, 11) is 1.77. The molecule has 2 N–H and O–H groups in total. The summed E-state index contributed by atoms with van der Waals surface area (Å²) in [6.45, 7) is 2.81. The lowest BCUT2D eigenvalue weighted by atomic mass is 10.1. The van der Waals surface area contributed by atoms with E-state index in [1.807, 2.05) is 36.4 Å². The van der Waals surface area contributed by atoms with Crippen LogP contribution >= 0.6 is 0 Å². The van der Waals surface area contributed by atoms with Crippen LogP contribution in [0.1, 0.15) is 26.3 Å². The fraction of sp³-hybridized carbons (Fsp3) is 0.250. The third-order valence-corrected chi connectivity index (χ3v) is 5.89. The number of hydrogen-bond acceptors (Lipinski definition) is 5. The molecular weight excluding hydrogens is 456 g/mol. The maximum atomic E-state index is 12.8.